The largest absolute Gasteiger partial charge is 0.508 e. The molecule has 6 rings (SSSR count). The molecule has 0 saturated heterocycles. The molecule has 2 N–H and O–H groups in total. The molecule has 0 bridgehead atoms. The molecule has 2 aliphatic heterocycles. The van der Waals surface area contributed by atoms with Crippen molar-refractivity contribution < 1.29 is 34.1 Å². The SMILES string of the molecule is O=C1c2ccc(Oc3ccc4c(c3)C(=O)N(c3cccc(O)c3)C4=O)cc2C(=O)N1c1cccc(O)c1. The Bertz CT molecular complexity index is 1550. The van der Waals surface area contributed by atoms with Gasteiger partial charge in [-0.2, -0.15) is 0 Å². The molecule has 9 nitrogen and oxygen atoms in total. The van der Waals surface area contributed by atoms with Crippen molar-refractivity contribution in [3.8, 4) is 23.0 Å². The van der Waals surface area contributed by atoms with Gasteiger partial charge in [0, 0.05) is 12.1 Å². The number of imide groups is 2. The van der Waals surface area contributed by atoms with Gasteiger partial charge in [0.1, 0.15) is 23.0 Å². The summed E-state index contributed by atoms with van der Waals surface area (Å²) in [5, 5.41) is 19.5. The molecular formula is C28H16N2O7. The van der Waals surface area contributed by atoms with E-state index in [9.17, 15) is 29.4 Å². The Kier molecular flexibility index (Phi) is 4.80. The van der Waals surface area contributed by atoms with Crippen molar-refractivity contribution in [3.63, 3.8) is 0 Å². The second kappa shape index (κ2) is 8.06. The predicted molar refractivity (Wildman–Crippen MR) is 131 cm³/mol. The average Bonchev–Trinajstić information content (AvgIpc) is 3.27. The highest BCUT2D eigenvalue weighted by atomic mass is 16.5. The van der Waals surface area contributed by atoms with E-state index in [1.165, 1.54) is 72.8 Å². The number of rotatable bonds is 4. The molecular weight excluding hydrogens is 476 g/mol. The van der Waals surface area contributed by atoms with E-state index in [-0.39, 0.29) is 56.6 Å². The lowest BCUT2D eigenvalue weighted by atomic mass is 10.1. The van der Waals surface area contributed by atoms with Crippen LogP contribution < -0.4 is 14.5 Å². The van der Waals surface area contributed by atoms with Gasteiger partial charge in [-0.1, -0.05) is 12.1 Å². The number of carbonyl (C=O) groups is 4. The molecule has 0 saturated carbocycles. The van der Waals surface area contributed by atoms with Crippen LogP contribution in [-0.4, -0.2) is 33.8 Å². The second-order valence-electron chi connectivity index (χ2n) is 8.45. The van der Waals surface area contributed by atoms with Crippen molar-refractivity contribution in [2.45, 2.75) is 0 Å². The average molecular weight is 492 g/mol. The molecule has 0 spiro atoms. The topological polar surface area (TPSA) is 124 Å². The summed E-state index contributed by atoms with van der Waals surface area (Å²) in [6, 6.07) is 20.5. The molecule has 4 aromatic carbocycles. The number of benzene rings is 4. The first-order valence-electron chi connectivity index (χ1n) is 11.1. The van der Waals surface area contributed by atoms with Crippen LogP contribution in [-0.2, 0) is 0 Å². The van der Waals surface area contributed by atoms with E-state index in [1.54, 1.807) is 12.1 Å². The highest BCUT2D eigenvalue weighted by Crippen LogP contribution is 2.36. The van der Waals surface area contributed by atoms with E-state index in [4.69, 9.17) is 4.74 Å². The molecule has 37 heavy (non-hydrogen) atoms. The maximum atomic E-state index is 13.0. The molecule has 9 heteroatoms. The van der Waals surface area contributed by atoms with Crippen LogP contribution in [0.3, 0.4) is 0 Å². The number of nitrogens with zero attached hydrogens (tertiary/aromatic N) is 2. The number of hydrogen-bond acceptors (Lipinski definition) is 7. The first-order chi connectivity index (χ1) is 17.8. The molecule has 0 fully saturated rings. The highest BCUT2D eigenvalue weighted by molar-refractivity contribution is 6.35. The van der Waals surface area contributed by atoms with Crippen molar-refractivity contribution in [1.82, 2.24) is 0 Å². The van der Waals surface area contributed by atoms with Crippen LogP contribution in [0.4, 0.5) is 11.4 Å². The Morgan fingerprint density at radius 3 is 1.30 bits per heavy atom. The number of ether oxygens (including phenoxy) is 1. The Morgan fingerprint density at radius 2 is 0.892 bits per heavy atom. The van der Waals surface area contributed by atoms with Gasteiger partial charge in [0.25, 0.3) is 23.6 Å². The van der Waals surface area contributed by atoms with E-state index >= 15 is 0 Å². The lowest BCUT2D eigenvalue weighted by Gasteiger charge is -2.13. The minimum Gasteiger partial charge on any atom is -0.508 e. The molecule has 0 radical (unpaired) electrons. The Hall–Kier alpha value is -5.44. The zero-order chi connectivity index (χ0) is 25.8. The molecule has 4 aromatic rings. The van der Waals surface area contributed by atoms with E-state index < -0.39 is 23.6 Å². The molecule has 0 aliphatic carbocycles. The first kappa shape index (κ1) is 22.1. The van der Waals surface area contributed by atoms with E-state index in [0.717, 1.165) is 9.80 Å². The van der Waals surface area contributed by atoms with E-state index in [0.29, 0.717) is 0 Å². The fourth-order valence-corrected chi connectivity index (χ4v) is 4.44. The van der Waals surface area contributed by atoms with Crippen molar-refractivity contribution in [2.75, 3.05) is 9.80 Å². The molecule has 180 valence electrons. The van der Waals surface area contributed by atoms with Crippen LogP contribution in [0.15, 0.2) is 84.9 Å². The van der Waals surface area contributed by atoms with Crippen LogP contribution >= 0.6 is 0 Å². The first-order valence-corrected chi connectivity index (χ1v) is 11.1. The van der Waals surface area contributed by atoms with Gasteiger partial charge < -0.3 is 14.9 Å². The number of amides is 4. The normalized spacial score (nSPS) is 14.3. The summed E-state index contributed by atoms with van der Waals surface area (Å²) in [5.74, 6) is -1.83. The Balaban J connectivity index is 1.28. The summed E-state index contributed by atoms with van der Waals surface area (Å²) in [7, 11) is 0. The third kappa shape index (κ3) is 3.49. The molecule has 0 unspecified atom stereocenters. The minimum absolute atomic E-state index is 0.0784. The fraction of sp³-hybridized carbons (Fsp3) is 0. The number of hydrogen-bond donors (Lipinski definition) is 2. The summed E-state index contributed by atoms with van der Waals surface area (Å²) in [4.78, 5) is 53.7. The summed E-state index contributed by atoms with van der Waals surface area (Å²) < 4.78 is 5.87. The molecule has 2 aliphatic rings. The standard InChI is InChI=1S/C28H16N2O7/c31-17-5-1-3-15(11-17)29-25(33)21-9-7-19(13-23(21)27(29)35)37-20-8-10-22-24(14-20)28(36)30(26(22)34)16-4-2-6-18(32)12-16/h1-14,31-32H. The fourth-order valence-electron chi connectivity index (χ4n) is 4.44. The summed E-state index contributed by atoms with van der Waals surface area (Å²) >= 11 is 0. The number of aromatic hydroxyl groups is 2. The zero-order valence-electron chi connectivity index (χ0n) is 18.9. The minimum atomic E-state index is -0.562. The lowest BCUT2D eigenvalue weighted by molar-refractivity contribution is 0.0910. The maximum absolute atomic E-state index is 13.0. The number of phenolic OH excluding ortho intramolecular Hbond substituents is 2. The smallest absolute Gasteiger partial charge is 0.266 e. The molecule has 0 aromatic heterocycles. The highest BCUT2D eigenvalue weighted by Gasteiger charge is 2.38. The van der Waals surface area contributed by atoms with Gasteiger partial charge >= 0.3 is 0 Å². The van der Waals surface area contributed by atoms with Gasteiger partial charge in [-0.05, 0) is 60.7 Å². The van der Waals surface area contributed by atoms with Gasteiger partial charge in [0.2, 0.25) is 0 Å². The quantitative estimate of drug-likeness (QED) is 0.402. The van der Waals surface area contributed by atoms with Crippen LogP contribution in [0.2, 0.25) is 0 Å². The van der Waals surface area contributed by atoms with Crippen LogP contribution in [0.5, 0.6) is 23.0 Å². The number of carbonyl (C=O) groups excluding carboxylic acids is 4. The van der Waals surface area contributed by atoms with Gasteiger partial charge in [0.15, 0.2) is 0 Å². The molecule has 4 amide bonds. The zero-order valence-corrected chi connectivity index (χ0v) is 18.9. The van der Waals surface area contributed by atoms with Crippen LogP contribution in [0.1, 0.15) is 41.4 Å². The van der Waals surface area contributed by atoms with Crippen LogP contribution in [0, 0.1) is 0 Å². The van der Waals surface area contributed by atoms with Crippen molar-refractivity contribution in [1.29, 1.82) is 0 Å². The number of fused-ring (bicyclic) bond motifs is 2. The van der Waals surface area contributed by atoms with Gasteiger partial charge in [-0.15, -0.1) is 0 Å². The summed E-state index contributed by atoms with van der Waals surface area (Å²) in [6.07, 6.45) is 0. The molecule has 0 atom stereocenters. The van der Waals surface area contributed by atoms with Crippen LogP contribution in [0.25, 0.3) is 0 Å². The van der Waals surface area contributed by atoms with Gasteiger partial charge in [-0.25, -0.2) is 9.80 Å². The Labute approximate surface area is 209 Å². The van der Waals surface area contributed by atoms with E-state index in [1.807, 2.05) is 0 Å². The monoisotopic (exact) mass is 492 g/mol. The molecule has 2 heterocycles. The lowest BCUT2D eigenvalue weighted by Crippen LogP contribution is -2.29. The maximum Gasteiger partial charge on any atom is 0.266 e. The number of anilines is 2. The summed E-state index contributed by atoms with van der Waals surface area (Å²) in [6.45, 7) is 0. The van der Waals surface area contributed by atoms with Crippen molar-refractivity contribution >= 4 is 35.0 Å². The third-order valence-electron chi connectivity index (χ3n) is 6.13. The second-order valence-corrected chi connectivity index (χ2v) is 8.45. The van der Waals surface area contributed by atoms with Crippen molar-refractivity contribution in [3.05, 3.63) is 107 Å². The third-order valence-corrected chi connectivity index (χ3v) is 6.13. The number of phenols is 2. The van der Waals surface area contributed by atoms with Gasteiger partial charge in [-0.3, -0.25) is 19.2 Å². The summed E-state index contributed by atoms with van der Waals surface area (Å²) in [5.41, 5.74) is 1.13. The van der Waals surface area contributed by atoms with Gasteiger partial charge in [0.05, 0.1) is 33.6 Å². The Morgan fingerprint density at radius 1 is 0.486 bits per heavy atom. The van der Waals surface area contributed by atoms with Crippen molar-refractivity contribution in [2.24, 2.45) is 0 Å². The van der Waals surface area contributed by atoms with E-state index in [2.05, 4.69) is 0 Å². The predicted octanol–water partition coefficient (Wildman–Crippen LogP) is 4.49.